The van der Waals surface area contributed by atoms with Crippen LogP contribution in [0.2, 0.25) is 0 Å². The van der Waals surface area contributed by atoms with Crippen LogP contribution >= 0.6 is 0 Å². The van der Waals surface area contributed by atoms with Crippen LogP contribution in [0.25, 0.3) is 6.08 Å². The zero-order valence-corrected chi connectivity index (χ0v) is 14.2. The highest BCUT2D eigenvalue weighted by Crippen LogP contribution is 2.20. The number of carbonyl (C=O) groups excluding carboxylic acids is 1. The minimum absolute atomic E-state index is 0.0642. The second-order valence-corrected chi connectivity index (χ2v) is 5.63. The first-order valence-corrected chi connectivity index (χ1v) is 8.24. The van der Waals surface area contributed by atoms with Crippen LogP contribution in [0, 0.1) is 0 Å². The first-order valence-electron chi connectivity index (χ1n) is 8.24. The zero-order chi connectivity index (χ0) is 18.2. The van der Waals surface area contributed by atoms with Gasteiger partial charge in [0.15, 0.2) is 0 Å². The van der Waals surface area contributed by atoms with Crippen LogP contribution in [-0.2, 0) is 16.1 Å². The van der Waals surface area contributed by atoms with Gasteiger partial charge in [0, 0.05) is 6.08 Å². The van der Waals surface area contributed by atoms with E-state index < -0.39 is 5.97 Å². The fraction of sp³-hybridized carbons (Fsp3) is 0.0952. The summed E-state index contributed by atoms with van der Waals surface area (Å²) in [4.78, 5) is 11.2. The van der Waals surface area contributed by atoms with Gasteiger partial charge >= 0.3 is 5.97 Å². The van der Waals surface area contributed by atoms with E-state index in [4.69, 9.17) is 4.74 Å². The summed E-state index contributed by atoms with van der Waals surface area (Å²) in [6.07, 6.45) is 7.03. The summed E-state index contributed by atoms with van der Waals surface area (Å²) < 4.78 is 6.77. The lowest BCUT2D eigenvalue weighted by molar-refractivity contribution is -0.139. The van der Waals surface area contributed by atoms with Gasteiger partial charge in [-0.15, -0.1) is 5.10 Å². The summed E-state index contributed by atoms with van der Waals surface area (Å²) in [6.45, 7) is 3.44. The minimum atomic E-state index is -0.483. The molecule has 0 saturated carbocycles. The van der Waals surface area contributed by atoms with Gasteiger partial charge in [-0.2, -0.15) is 0 Å². The summed E-state index contributed by atoms with van der Waals surface area (Å²) in [5.74, 6) is -0.483. The van der Waals surface area contributed by atoms with E-state index in [1.165, 1.54) is 0 Å². The summed E-state index contributed by atoms with van der Waals surface area (Å²) in [6, 6.07) is 20.0. The molecular weight excluding hydrogens is 326 g/mol. The van der Waals surface area contributed by atoms with Gasteiger partial charge in [0.1, 0.15) is 12.3 Å². The third-order valence-corrected chi connectivity index (χ3v) is 3.78. The van der Waals surface area contributed by atoms with Crippen LogP contribution in [0.15, 0.2) is 85.6 Å². The topological polar surface area (TPSA) is 57.0 Å². The number of rotatable bonds is 7. The van der Waals surface area contributed by atoms with E-state index in [0.29, 0.717) is 5.69 Å². The number of ether oxygens (including phenoxy) is 1. The third-order valence-electron chi connectivity index (χ3n) is 3.78. The van der Waals surface area contributed by atoms with E-state index in [9.17, 15) is 4.79 Å². The largest absolute Gasteiger partial charge is 0.456 e. The van der Waals surface area contributed by atoms with Crippen LogP contribution in [-0.4, -0.2) is 21.0 Å². The second kappa shape index (κ2) is 8.58. The van der Waals surface area contributed by atoms with Gasteiger partial charge in [-0.3, -0.25) is 0 Å². The number of hydrogen-bond donors (Lipinski definition) is 0. The molecule has 3 rings (SSSR count). The van der Waals surface area contributed by atoms with Crippen LogP contribution in [0.3, 0.4) is 0 Å². The van der Waals surface area contributed by atoms with E-state index in [2.05, 4.69) is 29.0 Å². The van der Waals surface area contributed by atoms with Gasteiger partial charge in [-0.1, -0.05) is 84.6 Å². The molecule has 0 aliphatic rings. The fourth-order valence-corrected chi connectivity index (χ4v) is 2.49. The predicted octanol–water partition coefficient (Wildman–Crippen LogP) is 3.81. The van der Waals surface area contributed by atoms with Crippen molar-refractivity contribution in [2.45, 2.75) is 12.6 Å². The summed E-state index contributed by atoms with van der Waals surface area (Å²) in [5, 5.41) is 8.30. The van der Waals surface area contributed by atoms with Gasteiger partial charge in [0.05, 0.1) is 12.2 Å². The van der Waals surface area contributed by atoms with E-state index in [1.54, 1.807) is 10.9 Å². The lowest BCUT2D eigenvalue weighted by atomic mass is 10.1. The van der Waals surface area contributed by atoms with E-state index in [-0.39, 0.29) is 12.6 Å². The average molecular weight is 345 g/mol. The molecular formula is C21H19N3O2. The Labute approximate surface area is 152 Å². The van der Waals surface area contributed by atoms with Gasteiger partial charge < -0.3 is 4.74 Å². The van der Waals surface area contributed by atoms with Gasteiger partial charge in [-0.05, 0) is 11.1 Å². The molecule has 0 N–H and O–H groups in total. The smallest absolute Gasteiger partial charge is 0.330 e. The van der Waals surface area contributed by atoms with Crippen LogP contribution in [0.1, 0.15) is 22.9 Å². The lowest BCUT2D eigenvalue weighted by Gasteiger charge is -2.13. The van der Waals surface area contributed by atoms with Gasteiger partial charge in [-0.25, -0.2) is 9.48 Å². The van der Waals surface area contributed by atoms with Crippen LogP contribution in [0.4, 0.5) is 0 Å². The molecule has 2 aromatic carbocycles. The Balaban J connectivity index is 1.84. The predicted molar refractivity (Wildman–Crippen MR) is 100 cm³/mol. The number of allylic oxidation sites excluding steroid dienone is 1. The maximum Gasteiger partial charge on any atom is 0.330 e. The molecule has 0 spiro atoms. The minimum Gasteiger partial charge on any atom is -0.456 e. The molecule has 5 nitrogen and oxygen atoms in total. The van der Waals surface area contributed by atoms with Crippen molar-refractivity contribution in [1.82, 2.24) is 15.0 Å². The lowest BCUT2D eigenvalue weighted by Crippen LogP contribution is -2.09. The Morgan fingerprint density at radius 2 is 1.81 bits per heavy atom. The zero-order valence-electron chi connectivity index (χ0n) is 14.2. The molecule has 1 unspecified atom stereocenters. The van der Waals surface area contributed by atoms with Gasteiger partial charge in [0.25, 0.3) is 0 Å². The van der Waals surface area contributed by atoms with E-state index in [1.807, 2.05) is 60.7 Å². The van der Waals surface area contributed by atoms with Crippen molar-refractivity contribution in [3.8, 4) is 0 Å². The number of aromatic nitrogens is 3. The molecule has 0 radical (unpaired) electrons. The standard InChI is InChI=1S/C21H19N3O2/c1-2-21(25)26-16-19-15-24(23-22-19)20(18-11-7-4-8-12-18)14-13-17-9-5-3-6-10-17/h2-15,20H,1,16H2/b14-13+. The van der Waals surface area contributed by atoms with Crippen LogP contribution < -0.4 is 0 Å². The Bertz CT molecular complexity index is 886. The normalized spacial score (nSPS) is 12.0. The molecule has 0 bridgehead atoms. The summed E-state index contributed by atoms with van der Waals surface area (Å²) >= 11 is 0. The Morgan fingerprint density at radius 3 is 2.50 bits per heavy atom. The number of benzene rings is 2. The van der Waals surface area contributed by atoms with Crippen molar-refractivity contribution in [2.24, 2.45) is 0 Å². The van der Waals surface area contributed by atoms with Crippen molar-refractivity contribution in [1.29, 1.82) is 0 Å². The quantitative estimate of drug-likeness (QED) is 0.483. The average Bonchev–Trinajstić information content (AvgIpc) is 3.16. The van der Waals surface area contributed by atoms with Crippen molar-refractivity contribution in [3.05, 3.63) is 102 Å². The SMILES string of the molecule is C=CC(=O)OCc1cn(C(/C=C/c2ccccc2)c2ccccc2)nn1. The first-order chi connectivity index (χ1) is 12.8. The van der Waals surface area contributed by atoms with Crippen LogP contribution in [0.5, 0.6) is 0 Å². The molecule has 3 aromatic rings. The highest BCUT2D eigenvalue weighted by atomic mass is 16.5. The fourth-order valence-electron chi connectivity index (χ4n) is 2.49. The molecule has 5 heteroatoms. The number of hydrogen-bond acceptors (Lipinski definition) is 4. The Morgan fingerprint density at radius 1 is 1.12 bits per heavy atom. The second-order valence-electron chi connectivity index (χ2n) is 5.63. The number of carbonyl (C=O) groups is 1. The molecule has 1 atom stereocenters. The van der Waals surface area contributed by atoms with E-state index >= 15 is 0 Å². The number of esters is 1. The molecule has 0 fully saturated rings. The Hall–Kier alpha value is -3.47. The van der Waals surface area contributed by atoms with Gasteiger partial charge in [0.2, 0.25) is 0 Å². The first kappa shape index (κ1) is 17.4. The molecule has 1 aromatic heterocycles. The molecule has 0 amide bonds. The van der Waals surface area contributed by atoms with Crippen molar-refractivity contribution >= 4 is 12.0 Å². The molecule has 26 heavy (non-hydrogen) atoms. The van der Waals surface area contributed by atoms with E-state index in [0.717, 1.165) is 17.2 Å². The molecule has 0 aliphatic heterocycles. The molecule has 1 heterocycles. The summed E-state index contributed by atoms with van der Waals surface area (Å²) in [7, 11) is 0. The third kappa shape index (κ3) is 4.54. The number of nitrogens with zero attached hydrogens (tertiary/aromatic N) is 3. The van der Waals surface area contributed by atoms with Crippen molar-refractivity contribution in [2.75, 3.05) is 0 Å². The monoisotopic (exact) mass is 345 g/mol. The Kier molecular flexibility index (Phi) is 5.72. The highest BCUT2D eigenvalue weighted by molar-refractivity contribution is 5.81. The molecule has 0 aliphatic carbocycles. The molecule has 130 valence electrons. The van der Waals surface area contributed by atoms with Crippen molar-refractivity contribution in [3.63, 3.8) is 0 Å². The highest BCUT2D eigenvalue weighted by Gasteiger charge is 2.13. The summed E-state index contributed by atoms with van der Waals surface area (Å²) in [5.41, 5.74) is 2.77. The molecule has 0 saturated heterocycles. The van der Waals surface area contributed by atoms with Crippen molar-refractivity contribution < 1.29 is 9.53 Å². The maximum absolute atomic E-state index is 11.2. The maximum atomic E-state index is 11.2.